The van der Waals surface area contributed by atoms with Gasteiger partial charge in [0.05, 0.1) is 18.1 Å². The van der Waals surface area contributed by atoms with Gasteiger partial charge in [0, 0.05) is 12.1 Å². The van der Waals surface area contributed by atoms with E-state index in [1.807, 2.05) is 6.92 Å². The summed E-state index contributed by atoms with van der Waals surface area (Å²) in [5.74, 6) is 0.546. The molecule has 4 nitrogen and oxygen atoms in total. The van der Waals surface area contributed by atoms with Crippen molar-refractivity contribution >= 4 is 9.84 Å². The number of aliphatic hydroxyl groups excluding tert-OH is 1. The zero-order valence-electron chi connectivity index (χ0n) is 8.57. The van der Waals surface area contributed by atoms with Crippen LogP contribution >= 0.6 is 0 Å². The van der Waals surface area contributed by atoms with Gasteiger partial charge < -0.3 is 10.4 Å². The maximum Gasteiger partial charge on any atom is 0.151 e. The molecule has 5 heteroatoms. The number of hydrogen-bond acceptors (Lipinski definition) is 4. The number of rotatable bonds is 4. The number of sulfone groups is 1. The van der Waals surface area contributed by atoms with E-state index in [-0.39, 0.29) is 24.4 Å². The van der Waals surface area contributed by atoms with Crippen LogP contribution < -0.4 is 5.32 Å². The molecule has 2 unspecified atom stereocenters. The van der Waals surface area contributed by atoms with Gasteiger partial charge in [-0.05, 0) is 19.3 Å². The molecular formula is C9H19NO3S. The highest BCUT2D eigenvalue weighted by Gasteiger charge is 2.25. The Morgan fingerprint density at radius 1 is 1.57 bits per heavy atom. The van der Waals surface area contributed by atoms with Crippen LogP contribution in [0.1, 0.15) is 26.2 Å². The quantitative estimate of drug-likeness (QED) is 0.697. The fourth-order valence-electron chi connectivity index (χ4n) is 1.79. The molecule has 0 aromatic carbocycles. The summed E-state index contributed by atoms with van der Waals surface area (Å²) in [6.45, 7) is 2.05. The van der Waals surface area contributed by atoms with Gasteiger partial charge in [-0.1, -0.05) is 6.92 Å². The molecule has 14 heavy (non-hydrogen) atoms. The van der Waals surface area contributed by atoms with Gasteiger partial charge in [0.2, 0.25) is 0 Å². The third kappa shape index (κ3) is 3.55. The molecule has 1 fully saturated rings. The first-order valence-corrected chi connectivity index (χ1v) is 6.97. The van der Waals surface area contributed by atoms with Gasteiger partial charge in [0.25, 0.3) is 0 Å². The Hall–Kier alpha value is -0.130. The third-order valence-corrected chi connectivity index (χ3v) is 4.47. The van der Waals surface area contributed by atoms with Gasteiger partial charge in [0.1, 0.15) is 0 Å². The van der Waals surface area contributed by atoms with Crippen LogP contribution in [0.2, 0.25) is 0 Å². The largest absolute Gasteiger partial charge is 0.395 e. The number of nitrogens with one attached hydrogen (secondary N) is 1. The molecule has 0 bridgehead atoms. The molecule has 1 heterocycles. The van der Waals surface area contributed by atoms with E-state index < -0.39 is 9.84 Å². The van der Waals surface area contributed by atoms with Crippen LogP contribution in [0.25, 0.3) is 0 Å². The SMILES string of the molecule is CCC(CO)NC1CCCS(=O)(=O)C1. The van der Waals surface area contributed by atoms with Crippen LogP contribution in [-0.2, 0) is 9.84 Å². The van der Waals surface area contributed by atoms with Crippen LogP contribution in [0, 0.1) is 0 Å². The first-order chi connectivity index (χ1) is 6.57. The second-order valence-corrected chi connectivity index (χ2v) is 6.14. The highest BCUT2D eigenvalue weighted by molar-refractivity contribution is 7.91. The van der Waals surface area contributed by atoms with E-state index >= 15 is 0 Å². The van der Waals surface area contributed by atoms with Gasteiger partial charge in [-0.25, -0.2) is 8.42 Å². The van der Waals surface area contributed by atoms with Crippen molar-refractivity contribution in [2.24, 2.45) is 0 Å². The molecular weight excluding hydrogens is 202 g/mol. The van der Waals surface area contributed by atoms with E-state index in [4.69, 9.17) is 5.11 Å². The Kier molecular flexibility index (Phi) is 4.34. The van der Waals surface area contributed by atoms with Gasteiger partial charge in [-0.3, -0.25) is 0 Å². The zero-order valence-corrected chi connectivity index (χ0v) is 9.39. The fraction of sp³-hybridized carbons (Fsp3) is 1.00. The lowest BCUT2D eigenvalue weighted by Crippen LogP contribution is -2.46. The molecule has 0 amide bonds. The van der Waals surface area contributed by atoms with Crippen molar-refractivity contribution in [3.63, 3.8) is 0 Å². The van der Waals surface area contributed by atoms with Crippen molar-refractivity contribution in [2.45, 2.75) is 38.3 Å². The van der Waals surface area contributed by atoms with Crippen LogP contribution in [0.3, 0.4) is 0 Å². The lowest BCUT2D eigenvalue weighted by atomic mass is 10.1. The summed E-state index contributed by atoms with van der Waals surface area (Å²) < 4.78 is 22.6. The van der Waals surface area contributed by atoms with E-state index in [2.05, 4.69) is 5.32 Å². The maximum absolute atomic E-state index is 11.3. The first-order valence-electron chi connectivity index (χ1n) is 5.14. The lowest BCUT2D eigenvalue weighted by Gasteiger charge is -2.26. The standard InChI is InChI=1S/C9H19NO3S/c1-2-8(6-11)10-9-4-3-5-14(12,13)7-9/h8-11H,2-7H2,1H3. The normalized spacial score (nSPS) is 28.6. The van der Waals surface area contributed by atoms with Crippen molar-refractivity contribution < 1.29 is 13.5 Å². The molecule has 0 spiro atoms. The van der Waals surface area contributed by atoms with Crippen LogP contribution in [-0.4, -0.2) is 43.7 Å². The summed E-state index contributed by atoms with van der Waals surface area (Å²) in [6.07, 6.45) is 2.46. The summed E-state index contributed by atoms with van der Waals surface area (Å²) >= 11 is 0. The van der Waals surface area contributed by atoms with E-state index in [0.29, 0.717) is 5.75 Å². The molecule has 0 aromatic rings. The van der Waals surface area contributed by atoms with Crippen molar-refractivity contribution in [1.82, 2.24) is 5.32 Å². The van der Waals surface area contributed by atoms with E-state index in [9.17, 15) is 8.42 Å². The molecule has 0 radical (unpaired) electrons. The predicted molar refractivity (Wildman–Crippen MR) is 56.0 cm³/mol. The minimum absolute atomic E-state index is 0.0332. The molecule has 1 aliphatic heterocycles. The third-order valence-electron chi connectivity index (χ3n) is 2.65. The monoisotopic (exact) mass is 221 g/mol. The molecule has 2 atom stereocenters. The van der Waals surface area contributed by atoms with Crippen LogP contribution in [0.4, 0.5) is 0 Å². The Morgan fingerprint density at radius 2 is 2.29 bits per heavy atom. The van der Waals surface area contributed by atoms with Gasteiger partial charge >= 0.3 is 0 Å². The van der Waals surface area contributed by atoms with E-state index in [1.165, 1.54) is 0 Å². The molecule has 0 saturated carbocycles. The molecule has 2 N–H and O–H groups in total. The van der Waals surface area contributed by atoms with Gasteiger partial charge in [0.15, 0.2) is 9.84 Å². The summed E-state index contributed by atoms with van der Waals surface area (Å²) in [7, 11) is -2.84. The predicted octanol–water partition coefficient (Wildman–Crippen LogP) is -0.0759. The fourth-order valence-corrected chi connectivity index (χ4v) is 3.44. The smallest absolute Gasteiger partial charge is 0.151 e. The van der Waals surface area contributed by atoms with E-state index in [0.717, 1.165) is 19.3 Å². The zero-order chi connectivity index (χ0) is 10.6. The Balaban J connectivity index is 2.45. The first kappa shape index (κ1) is 11.9. The average molecular weight is 221 g/mol. The molecule has 0 aromatic heterocycles. The van der Waals surface area contributed by atoms with Crippen LogP contribution in [0.5, 0.6) is 0 Å². The minimum Gasteiger partial charge on any atom is -0.395 e. The lowest BCUT2D eigenvalue weighted by molar-refractivity contribution is 0.227. The van der Waals surface area contributed by atoms with Crippen molar-refractivity contribution in [3.05, 3.63) is 0 Å². The van der Waals surface area contributed by atoms with Crippen molar-refractivity contribution in [3.8, 4) is 0 Å². The topological polar surface area (TPSA) is 66.4 Å². The van der Waals surface area contributed by atoms with Crippen molar-refractivity contribution in [2.75, 3.05) is 18.1 Å². The highest BCUT2D eigenvalue weighted by Crippen LogP contribution is 2.12. The van der Waals surface area contributed by atoms with E-state index in [1.54, 1.807) is 0 Å². The Labute approximate surface area is 85.6 Å². The van der Waals surface area contributed by atoms with Crippen LogP contribution in [0.15, 0.2) is 0 Å². The summed E-state index contributed by atoms with van der Waals surface area (Å²) in [5.41, 5.74) is 0. The molecule has 1 rings (SSSR count). The summed E-state index contributed by atoms with van der Waals surface area (Å²) in [5, 5.41) is 12.2. The number of aliphatic hydroxyl groups is 1. The summed E-state index contributed by atoms with van der Waals surface area (Å²) in [6, 6.07) is 0.0687. The number of hydrogen-bond donors (Lipinski definition) is 2. The van der Waals surface area contributed by atoms with Gasteiger partial charge in [-0.15, -0.1) is 0 Å². The van der Waals surface area contributed by atoms with Gasteiger partial charge in [-0.2, -0.15) is 0 Å². The Bertz CT molecular complexity index is 259. The maximum atomic E-state index is 11.3. The van der Waals surface area contributed by atoms with Crippen molar-refractivity contribution in [1.29, 1.82) is 0 Å². The average Bonchev–Trinajstić information content (AvgIpc) is 2.12. The minimum atomic E-state index is -2.84. The molecule has 84 valence electrons. The molecule has 1 saturated heterocycles. The summed E-state index contributed by atoms with van der Waals surface area (Å²) in [4.78, 5) is 0. The second-order valence-electron chi connectivity index (χ2n) is 3.91. The highest BCUT2D eigenvalue weighted by atomic mass is 32.2. The molecule has 0 aliphatic carbocycles. The second kappa shape index (κ2) is 5.09. The molecule has 1 aliphatic rings. The Morgan fingerprint density at radius 3 is 2.79 bits per heavy atom.